The van der Waals surface area contributed by atoms with Gasteiger partial charge in [0.2, 0.25) is 0 Å². The van der Waals surface area contributed by atoms with E-state index in [1.54, 1.807) is 29.2 Å². The summed E-state index contributed by atoms with van der Waals surface area (Å²) in [5, 5.41) is 0. The standard InChI is InChI=1S/C31H30N2O4/c1-5-37-22-15-16-23-20(2)19-31(3,4)33(26(23)18-22)30(36)27(17-21-11-7-6-8-12-21)32-28(34)24-13-9-10-14-25(24)29(32)35/h6-16,18-19,27H,5,17H2,1-4H3/t27-/m1/s1. The minimum atomic E-state index is -1.02. The van der Waals surface area contributed by atoms with Gasteiger partial charge < -0.3 is 9.64 Å². The molecule has 0 bridgehead atoms. The van der Waals surface area contributed by atoms with Gasteiger partial charge in [0.05, 0.1) is 29.0 Å². The Hall–Kier alpha value is -4.19. The number of ether oxygens (including phenoxy) is 1. The normalized spacial score (nSPS) is 16.7. The van der Waals surface area contributed by atoms with Crippen molar-refractivity contribution in [3.8, 4) is 5.75 Å². The Balaban J connectivity index is 1.63. The van der Waals surface area contributed by atoms with Crippen LogP contribution in [-0.4, -0.2) is 40.8 Å². The Morgan fingerprint density at radius 3 is 2.14 bits per heavy atom. The van der Waals surface area contributed by atoms with E-state index in [0.717, 1.165) is 21.6 Å². The largest absolute Gasteiger partial charge is 0.494 e. The predicted octanol–water partition coefficient (Wildman–Crippen LogP) is 5.52. The fraction of sp³-hybridized carbons (Fsp3) is 0.258. The number of hydrogen-bond donors (Lipinski definition) is 0. The third-order valence-corrected chi connectivity index (χ3v) is 7.01. The van der Waals surface area contributed by atoms with Crippen LogP contribution >= 0.6 is 0 Å². The average Bonchev–Trinajstić information content (AvgIpc) is 3.12. The molecule has 0 fully saturated rings. The lowest BCUT2D eigenvalue weighted by Crippen LogP contribution is -2.58. The number of anilines is 1. The van der Waals surface area contributed by atoms with Crippen molar-refractivity contribution in [3.63, 3.8) is 0 Å². The van der Waals surface area contributed by atoms with E-state index in [-0.39, 0.29) is 12.3 Å². The number of hydrogen-bond acceptors (Lipinski definition) is 4. The molecule has 0 spiro atoms. The van der Waals surface area contributed by atoms with E-state index in [4.69, 9.17) is 4.74 Å². The molecule has 2 heterocycles. The summed E-state index contributed by atoms with van der Waals surface area (Å²) in [6.07, 6.45) is 2.26. The second kappa shape index (κ2) is 9.36. The van der Waals surface area contributed by atoms with Crippen LogP contribution in [0.4, 0.5) is 5.69 Å². The highest BCUT2D eigenvalue weighted by molar-refractivity contribution is 6.23. The molecule has 3 aromatic carbocycles. The molecular weight excluding hydrogens is 464 g/mol. The van der Waals surface area contributed by atoms with Crippen molar-refractivity contribution >= 4 is 29.0 Å². The average molecular weight is 495 g/mol. The molecule has 2 aliphatic rings. The molecule has 0 N–H and O–H groups in total. The van der Waals surface area contributed by atoms with Crippen LogP contribution < -0.4 is 9.64 Å². The molecule has 2 aliphatic heterocycles. The Morgan fingerprint density at radius 1 is 0.892 bits per heavy atom. The van der Waals surface area contributed by atoms with Crippen LogP contribution in [0.25, 0.3) is 5.57 Å². The Kier molecular flexibility index (Phi) is 6.20. The Morgan fingerprint density at radius 2 is 1.51 bits per heavy atom. The monoisotopic (exact) mass is 494 g/mol. The van der Waals surface area contributed by atoms with Crippen LogP contribution in [0.1, 0.15) is 59.5 Å². The van der Waals surface area contributed by atoms with E-state index < -0.39 is 23.4 Å². The van der Waals surface area contributed by atoms with Gasteiger partial charge in [-0.25, -0.2) is 0 Å². The first-order valence-corrected chi connectivity index (χ1v) is 12.5. The van der Waals surface area contributed by atoms with Crippen molar-refractivity contribution in [2.75, 3.05) is 11.5 Å². The number of carbonyl (C=O) groups excluding carboxylic acids is 3. The quantitative estimate of drug-likeness (QED) is 0.423. The molecule has 3 amide bonds. The zero-order chi connectivity index (χ0) is 26.3. The highest BCUT2D eigenvalue weighted by Gasteiger charge is 2.47. The molecule has 0 unspecified atom stereocenters. The maximum Gasteiger partial charge on any atom is 0.262 e. The minimum Gasteiger partial charge on any atom is -0.494 e. The number of amides is 3. The number of benzene rings is 3. The van der Waals surface area contributed by atoms with E-state index in [2.05, 4.69) is 6.08 Å². The summed E-state index contributed by atoms with van der Waals surface area (Å²) in [4.78, 5) is 44.5. The summed E-state index contributed by atoms with van der Waals surface area (Å²) in [5.41, 5.74) is 3.48. The predicted molar refractivity (Wildman–Crippen MR) is 144 cm³/mol. The summed E-state index contributed by atoms with van der Waals surface area (Å²) < 4.78 is 5.76. The smallest absolute Gasteiger partial charge is 0.262 e. The lowest BCUT2D eigenvalue weighted by molar-refractivity contribution is -0.123. The molecule has 0 aliphatic carbocycles. The zero-order valence-corrected chi connectivity index (χ0v) is 21.5. The first-order valence-electron chi connectivity index (χ1n) is 12.5. The number of nitrogens with zero attached hydrogens (tertiary/aromatic N) is 2. The van der Waals surface area contributed by atoms with Gasteiger partial charge in [-0.2, -0.15) is 0 Å². The van der Waals surface area contributed by atoms with Crippen molar-refractivity contribution in [3.05, 3.63) is 101 Å². The number of allylic oxidation sites excluding steroid dienone is 1. The number of fused-ring (bicyclic) bond motifs is 2. The van der Waals surface area contributed by atoms with E-state index in [9.17, 15) is 14.4 Å². The molecular formula is C31H30N2O4. The van der Waals surface area contributed by atoms with Crippen molar-refractivity contribution in [1.29, 1.82) is 0 Å². The second-order valence-electron chi connectivity index (χ2n) is 10.00. The molecule has 188 valence electrons. The van der Waals surface area contributed by atoms with E-state index in [1.165, 1.54) is 0 Å². The van der Waals surface area contributed by atoms with Gasteiger partial charge in [0.25, 0.3) is 17.7 Å². The van der Waals surface area contributed by atoms with Gasteiger partial charge in [-0.15, -0.1) is 0 Å². The third kappa shape index (κ3) is 4.22. The van der Waals surface area contributed by atoms with Crippen LogP contribution in [0.15, 0.2) is 78.9 Å². The molecule has 0 saturated carbocycles. The second-order valence-corrected chi connectivity index (χ2v) is 10.00. The maximum atomic E-state index is 14.6. The van der Waals surface area contributed by atoms with E-state index in [0.29, 0.717) is 29.2 Å². The highest BCUT2D eigenvalue weighted by Crippen LogP contribution is 2.42. The van der Waals surface area contributed by atoms with Crippen molar-refractivity contribution in [1.82, 2.24) is 4.90 Å². The summed E-state index contributed by atoms with van der Waals surface area (Å²) in [6.45, 7) is 8.36. The summed E-state index contributed by atoms with van der Waals surface area (Å²) in [7, 11) is 0. The minimum absolute atomic E-state index is 0.209. The topological polar surface area (TPSA) is 66.9 Å². The molecule has 3 aromatic rings. The van der Waals surface area contributed by atoms with Gasteiger partial charge in [-0.05, 0) is 63.1 Å². The van der Waals surface area contributed by atoms with Crippen molar-refractivity contribution < 1.29 is 19.1 Å². The zero-order valence-electron chi connectivity index (χ0n) is 21.5. The van der Waals surface area contributed by atoms with Crippen molar-refractivity contribution in [2.45, 2.75) is 45.7 Å². The lowest BCUT2D eigenvalue weighted by atomic mass is 9.87. The SMILES string of the molecule is CCOc1ccc2c(c1)N(C(=O)[C@@H](Cc1ccccc1)N1C(=O)c3ccccc3C1=O)C(C)(C)C=C2C. The van der Waals surface area contributed by atoms with Gasteiger partial charge in [-0.1, -0.05) is 48.5 Å². The summed E-state index contributed by atoms with van der Waals surface area (Å²) >= 11 is 0. The van der Waals surface area contributed by atoms with Crippen molar-refractivity contribution in [2.24, 2.45) is 0 Å². The molecule has 1 atom stereocenters. The van der Waals surface area contributed by atoms with Crippen LogP contribution in [0.5, 0.6) is 5.75 Å². The summed E-state index contributed by atoms with van der Waals surface area (Å²) in [5.74, 6) is -0.550. The molecule has 37 heavy (non-hydrogen) atoms. The van der Waals surface area contributed by atoms with Gasteiger partial charge in [0.1, 0.15) is 11.8 Å². The van der Waals surface area contributed by atoms with Crippen LogP contribution in [0.3, 0.4) is 0 Å². The number of carbonyl (C=O) groups is 3. The fourth-order valence-corrected chi connectivity index (χ4v) is 5.44. The first-order chi connectivity index (χ1) is 17.7. The highest BCUT2D eigenvalue weighted by atomic mass is 16.5. The lowest BCUT2D eigenvalue weighted by Gasteiger charge is -2.44. The summed E-state index contributed by atoms with van der Waals surface area (Å²) in [6, 6.07) is 20.9. The van der Waals surface area contributed by atoms with Gasteiger partial charge in [0.15, 0.2) is 0 Å². The van der Waals surface area contributed by atoms with Crippen LogP contribution in [0, 0.1) is 0 Å². The van der Waals surface area contributed by atoms with Gasteiger partial charge in [-0.3, -0.25) is 19.3 Å². The van der Waals surface area contributed by atoms with E-state index >= 15 is 0 Å². The number of imide groups is 1. The van der Waals surface area contributed by atoms with Gasteiger partial charge in [0, 0.05) is 18.1 Å². The Labute approximate surface area is 217 Å². The Bertz CT molecular complexity index is 1390. The molecule has 0 aromatic heterocycles. The van der Waals surface area contributed by atoms with E-state index in [1.807, 2.05) is 76.2 Å². The van der Waals surface area contributed by atoms with Crippen LogP contribution in [0.2, 0.25) is 0 Å². The maximum absolute atomic E-state index is 14.6. The molecule has 6 heteroatoms. The van der Waals surface area contributed by atoms with Crippen LogP contribution in [-0.2, 0) is 11.2 Å². The molecule has 6 nitrogen and oxygen atoms in total. The first kappa shape index (κ1) is 24.5. The molecule has 5 rings (SSSR count). The van der Waals surface area contributed by atoms with Gasteiger partial charge >= 0.3 is 0 Å². The fourth-order valence-electron chi connectivity index (χ4n) is 5.44. The number of rotatable bonds is 6. The molecule has 0 saturated heterocycles. The third-order valence-electron chi connectivity index (χ3n) is 7.01. The molecule has 0 radical (unpaired) electrons.